The summed E-state index contributed by atoms with van der Waals surface area (Å²) in [6, 6.07) is 7.29. The summed E-state index contributed by atoms with van der Waals surface area (Å²) in [4.78, 5) is 30.8. The van der Waals surface area contributed by atoms with Gasteiger partial charge in [0.2, 0.25) is 0 Å². The predicted octanol–water partition coefficient (Wildman–Crippen LogP) is 10.1. The predicted molar refractivity (Wildman–Crippen MR) is 172 cm³/mol. The number of rotatable bonds is 10. The lowest BCUT2D eigenvalue weighted by atomic mass is 9.68. The van der Waals surface area contributed by atoms with Crippen LogP contribution in [-0.2, 0) is 32.1 Å². The number of anilines is 1. The second kappa shape index (κ2) is 14.1. The maximum atomic E-state index is 14.1. The number of nitrogens with zero attached hydrogens (tertiary/aromatic N) is 1. The molecule has 1 saturated carbocycles. The zero-order valence-corrected chi connectivity index (χ0v) is 28.3. The fourth-order valence-electron chi connectivity index (χ4n) is 6.46. The monoisotopic (exact) mass is 694 g/mol. The third kappa shape index (κ3) is 8.44. The molecule has 0 bridgehead atoms. The Morgan fingerprint density at radius 3 is 1.94 bits per heavy atom. The van der Waals surface area contributed by atoms with Crippen molar-refractivity contribution in [3.8, 4) is 11.1 Å². The lowest BCUT2D eigenvalue weighted by Crippen LogP contribution is -2.36. The van der Waals surface area contributed by atoms with Crippen molar-refractivity contribution in [3.05, 3.63) is 82.4 Å². The number of benzene rings is 2. The number of carbonyl (C=O) groups is 2. The van der Waals surface area contributed by atoms with E-state index < -0.39 is 58.0 Å². The van der Waals surface area contributed by atoms with Crippen molar-refractivity contribution in [3.63, 3.8) is 0 Å². The Morgan fingerprint density at radius 2 is 1.41 bits per heavy atom. The average Bonchev–Trinajstić information content (AvgIpc) is 3.02. The van der Waals surface area contributed by atoms with E-state index in [-0.39, 0.29) is 23.9 Å². The highest BCUT2D eigenvalue weighted by molar-refractivity contribution is 5.93. The molecule has 1 aliphatic rings. The summed E-state index contributed by atoms with van der Waals surface area (Å²) >= 11 is 0. The quantitative estimate of drug-likeness (QED) is 0.169. The van der Waals surface area contributed by atoms with E-state index in [4.69, 9.17) is 4.74 Å². The van der Waals surface area contributed by atoms with Gasteiger partial charge in [0, 0.05) is 17.2 Å². The van der Waals surface area contributed by atoms with E-state index in [2.05, 4.69) is 10.3 Å². The molecule has 12 heteroatoms. The highest BCUT2D eigenvalue weighted by Crippen LogP contribution is 2.45. The molecule has 0 saturated heterocycles. The molecule has 266 valence electrons. The minimum absolute atomic E-state index is 0.0283. The van der Waals surface area contributed by atoms with Gasteiger partial charge in [-0.05, 0) is 126 Å². The topological polar surface area (TPSA) is 68.3 Å². The van der Waals surface area contributed by atoms with E-state index in [0.717, 1.165) is 31.4 Å². The number of alkyl halides is 6. The largest absolute Gasteiger partial charge is 0.466 e. The smallest absolute Gasteiger partial charge is 0.416 e. The molecule has 0 spiro atoms. The molecule has 0 atom stereocenters. The van der Waals surface area contributed by atoms with Crippen molar-refractivity contribution in [2.24, 2.45) is 11.3 Å². The Kier molecular flexibility index (Phi) is 10.9. The third-order valence-corrected chi connectivity index (χ3v) is 9.82. The molecule has 1 N–H and O–H groups in total. The van der Waals surface area contributed by atoms with Crippen molar-refractivity contribution >= 4 is 17.4 Å². The lowest BCUT2D eigenvalue weighted by Gasteiger charge is -2.37. The molecule has 0 unspecified atom stereocenters. The minimum Gasteiger partial charge on any atom is -0.466 e. The number of carbonyl (C=O) groups excluding carboxylic acids is 2. The van der Waals surface area contributed by atoms with Crippen LogP contribution in [-0.4, -0.2) is 29.9 Å². The van der Waals surface area contributed by atoms with Gasteiger partial charge in [-0.15, -0.1) is 0 Å². The van der Waals surface area contributed by atoms with E-state index >= 15 is 0 Å². The van der Waals surface area contributed by atoms with E-state index in [1.807, 2.05) is 19.9 Å². The standard InChI is InChI=1S/C37H41F7N2O3/c1-7-49-33(48)35(5,6)23-10-8-22(9-11-23)30-18-29(28-13-12-27(38)14-21(28)2)31(19-45-30)46-20-32(47)34(3,4)24-15-25(36(39,40)41)17-26(16-24)37(42,43)44/h12-19,22-23,46H,7-11,20H2,1-6H3/t22-,23+. The molecule has 1 aliphatic carbocycles. The van der Waals surface area contributed by atoms with Crippen molar-refractivity contribution in [2.75, 3.05) is 18.5 Å². The van der Waals surface area contributed by atoms with Gasteiger partial charge in [0.1, 0.15) is 5.82 Å². The van der Waals surface area contributed by atoms with Crippen LogP contribution in [0.25, 0.3) is 11.1 Å². The second-order valence-corrected chi connectivity index (χ2v) is 13.8. The summed E-state index contributed by atoms with van der Waals surface area (Å²) in [5.41, 5.74) is -2.76. The fourth-order valence-corrected chi connectivity index (χ4v) is 6.46. The van der Waals surface area contributed by atoms with Crippen molar-refractivity contribution in [1.82, 2.24) is 4.98 Å². The summed E-state index contributed by atoms with van der Waals surface area (Å²) in [6.45, 7) is 9.72. The van der Waals surface area contributed by atoms with Gasteiger partial charge in [-0.3, -0.25) is 14.6 Å². The fraction of sp³-hybridized carbons (Fsp3) is 0.486. The van der Waals surface area contributed by atoms with Crippen LogP contribution in [0.2, 0.25) is 0 Å². The summed E-state index contributed by atoms with van der Waals surface area (Å²) in [5.74, 6) is -1.14. The van der Waals surface area contributed by atoms with Crippen LogP contribution < -0.4 is 5.32 Å². The first kappa shape index (κ1) is 37.9. The highest BCUT2D eigenvalue weighted by Gasteiger charge is 2.41. The summed E-state index contributed by atoms with van der Waals surface area (Å²) in [6.07, 6.45) is -5.50. The Labute approximate surface area is 281 Å². The van der Waals surface area contributed by atoms with Crippen LogP contribution in [0, 0.1) is 24.1 Å². The number of halogens is 7. The zero-order valence-electron chi connectivity index (χ0n) is 28.3. The molecule has 5 nitrogen and oxygen atoms in total. The second-order valence-electron chi connectivity index (χ2n) is 13.8. The molecule has 4 rings (SSSR count). The average molecular weight is 695 g/mol. The number of ether oxygens (including phenoxy) is 1. The van der Waals surface area contributed by atoms with Crippen molar-refractivity contribution in [2.45, 2.75) is 90.9 Å². The first-order valence-corrected chi connectivity index (χ1v) is 16.2. The molecule has 49 heavy (non-hydrogen) atoms. The molecule has 0 amide bonds. The number of pyridine rings is 1. The number of hydrogen-bond acceptors (Lipinski definition) is 5. The van der Waals surface area contributed by atoms with Crippen LogP contribution in [0.5, 0.6) is 0 Å². The number of nitrogens with one attached hydrogen (secondary N) is 1. The molecule has 1 fully saturated rings. The van der Waals surface area contributed by atoms with Gasteiger partial charge in [0.15, 0.2) is 5.78 Å². The normalized spacial score (nSPS) is 17.5. The Hall–Kier alpha value is -3.96. The van der Waals surface area contributed by atoms with Gasteiger partial charge < -0.3 is 10.1 Å². The van der Waals surface area contributed by atoms with Crippen LogP contribution in [0.15, 0.2) is 48.7 Å². The number of esters is 1. The lowest BCUT2D eigenvalue weighted by molar-refractivity contribution is -0.157. The maximum absolute atomic E-state index is 14.1. The molecule has 1 aromatic heterocycles. The van der Waals surface area contributed by atoms with Crippen LogP contribution in [0.4, 0.5) is 36.4 Å². The van der Waals surface area contributed by atoms with Crippen LogP contribution in [0.3, 0.4) is 0 Å². The summed E-state index contributed by atoms with van der Waals surface area (Å²) in [5, 5.41) is 3.00. The zero-order chi connectivity index (χ0) is 36.5. The minimum atomic E-state index is -5.06. The first-order valence-electron chi connectivity index (χ1n) is 16.2. The van der Waals surface area contributed by atoms with Crippen LogP contribution in [0.1, 0.15) is 94.2 Å². The maximum Gasteiger partial charge on any atom is 0.416 e. The summed E-state index contributed by atoms with van der Waals surface area (Å²) < 4.78 is 101. The van der Waals surface area contributed by atoms with Gasteiger partial charge in [0.25, 0.3) is 0 Å². The molecule has 3 aromatic rings. The number of Topliss-reactive ketones (excluding diaryl/α,β-unsaturated/α-hetero) is 1. The van der Waals surface area contributed by atoms with Gasteiger partial charge in [-0.1, -0.05) is 6.07 Å². The van der Waals surface area contributed by atoms with Gasteiger partial charge in [0.05, 0.1) is 47.0 Å². The summed E-state index contributed by atoms with van der Waals surface area (Å²) in [7, 11) is 0. The molecule has 0 aliphatic heterocycles. The number of ketones is 1. The Balaban J connectivity index is 1.62. The van der Waals surface area contributed by atoms with Crippen LogP contribution >= 0.6 is 0 Å². The van der Waals surface area contributed by atoms with Gasteiger partial charge in [-0.25, -0.2) is 4.39 Å². The molecular weight excluding hydrogens is 653 g/mol. The van der Waals surface area contributed by atoms with Gasteiger partial charge in [-0.2, -0.15) is 26.3 Å². The third-order valence-electron chi connectivity index (χ3n) is 9.82. The molecule has 1 heterocycles. The SMILES string of the molecule is CCOC(=O)C(C)(C)[C@H]1CC[C@@H](c2cc(-c3ccc(F)cc3C)c(NCC(=O)C(C)(C)c3cc(C(F)(F)F)cc(C(F)(F)F)c3)cn2)CC1. The first-order chi connectivity index (χ1) is 22.7. The number of hydrogen-bond donors (Lipinski definition) is 1. The van der Waals surface area contributed by atoms with E-state index in [0.29, 0.717) is 41.1 Å². The van der Waals surface area contributed by atoms with Crippen molar-refractivity contribution in [1.29, 1.82) is 0 Å². The Morgan fingerprint density at radius 1 is 0.837 bits per heavy atom. The highest BCUT2D eigenvalue weighted by atomic mass is 19.4. The molecule has 0 radical (unpaired) electrons. The number of aryl methyl sites for hydroxylation is 1. The van der Waals surface area contributed by atoms with E-state index in [1.165, 1.54) is 32.2 Å². The van der Waals surface area contributed by atoms with E-state index in [1.54, 1.807) is 19.9 Å². The molecule has 2 aromatic carbocycles. The number of aromatic nitrogens is 1. The Bertz CT molecular complexity index is 1660. The van der Waals surface area contributed by atoms with Crippen molar-refractivity contribution < 1.29 is 45.1 Å². The van der Waals surface area contributed by atoms with Gasteiger partial charge >= 0.3 is 18.3 Å². The van der Waals surface area contributed by atoms with E-state index in [9.17, 15) is 40.3 Å². The molecular formula is C37H41F7N2O3.